The van der Waals surface area contributed by atoms with Crippen molar-refractivity contribution in [2.75, 3.05) is 0 Å². The lowest BCUT2D eigenvalue weighted by atomic mass is 9.89. The molecule has 0 bridgehead atoms. The minimum Gasteiger partial charge on any atom is -0.201 e. The summed E-state index contributed by atoms with van der Waals surface area (Å²) < 4.78 is 4.46. The molecule has 2 heterocycles. The molecule has 0 aliphatic carbocycles. The molecule has 2 nitrogen and oxygen atoms in total. The molecule has 0 aliphatic heterocycles. The number of hydrogen-bond donors (Lipinski definition) is 0. The summed E-state index contributed by atoms with van der Waals surface area (Å²) in [6, 6.07) is 22.0. The number of benzene rings is 2. The number of rotatable bonds is 3. The molecule has 0 N–H and O–H groups in total. The molecule has 0 unspecified atom stereocenters. The molecular weight excluding hydrogens is 340 g/mol. The summed E-state index contributed by atoms with van der Waals surface area (Å²) in [6.45, 7) is 6.79. The summed E-state index contributed by atoms with van der Waals surface area (Å²) in [4.78, 5) is 0. The Hall–Kier alpha value is -3.00. The Morgan fingerprint density at radius 2 is 1.46 bits per heavy atom. The molecule has 0 fully saturated rings. The molecule has 4 rings (SSSR count). The maximum atomic E-state index is 2.38. The van der Waals surface area contributed by atoms with Gasteiger partial charge >= 0.3 is 0 Å². The average molecular weight is 369 g/mol. The van der Waals surface area contributed by atoms with Gasteiger partial charge in [-0.2, -0.15) is 0 Å². The van der Waals surface area contributed by atoms with Crippen molar-refractivity contribution in [3.63, 3.8) is 0 Å². The van der Waals surface area contributed by atoms with Crippen LogP contribution < -0.4 is 9.13 Å². The first-order valence-electron chi connectivity index (χ1n) is 9.94. The van der Waals surface area contributed by atoms with Crippen LogP contribution in [0, 0.1) is 6.92 Å². The SMILES string of the molecule is Cc1c(-c2cccc[n+]2C)cc(C(C)C)cc1-c1c2ccccc2cc[n+]1C. The monoisotopic (exact) mass is 368 g/mol. The van der Waals surface area contributed by atoms with E-state index >= 15 is 0 Å². The predicted octanol–water partition coefficient (Wildman–Crippen LogP) is 5.25. The summed E-state index contributed by atoms with van der Waals surface area (Å²) in [7, 11) is 4.26. The van der Waals surface area contributed by atoms with Crippen molar-refractivity contribution in [3.8, 4) is 22.5 Å². The van der Waals surface area contributed by atoms with Crippen LogP contribution in [0.1, 0.15) is 30.9 Å². The van der Waals surface area contributed by atoms with Crippen LogP contribution in [-0.4, -0.2) is 0 Å². The van der Waals surface area contributed by atoms with Crippen LogP contribution in [0.15, 0.2) is 73.1 Å². The molecule has 140 valence electrons. The largest absolute Gasteiger partial charge is 0.220 e. The summed E-state index contributed by atoms with van der Waals surface area (Å²) in [5.74, 6) is 0.465. The van der Waals surface area contributed by atoms with E-state index in [0.717, 1.165) is 0 Å². The first-order chi connectivity index (χ1) is 13.5. The van der Waals surface area contributed by atoms with E-state index < -0.39 is 0 Å². The second-order valence-corrected chi connectivity index (χ2v) is 7.96. The maximum Gasteiger partial charge on any atom is 0.220 e. The van der Waals surface area contributed by atoms with E-state index in [1.165, 1.54) is 44.4 Å². The van der Waals surface area contributed by atoms with Gasteiger partial charge in [0.1, 0.15) is 14.1 Å². The van der Waals surface area contributed by atoms with E-state index in [9.17, 15) is 0 Å². The highest BCUT2D eigenvalue weighted by Crippen LogP contribution is 2.35. The Balaban J connectivity index is 2.09. The quantitative estimate of drug-likeness (QED) is 0.436. The van der Waals surface area contributed by atoms with Gasteiger partial charge in [0.05, 0.1) is 16.5 Å². The molecule has 0 spiro atoms. The zero-order valence-corrected chi connectivity index (χ0v) is 17.4. The number of aryl methyl sites for hydroxylation is 2. The highest BCUT2D eigenvalue weighted by molar-refractivity contribution is 5.94. The van der Waals surface area contributed by atoms with Crippen molar-refractivity contribution in [1.29, 1.82) is 0 Å². The highest BCUT2D eigenvalue weighted by atomic mass is 14.9. The third kappa shape index (κ3) is 3.09. The van der Waals surface area contributed by atoms with E-state index in [1.807, 2.05) is 0 Å². The number of hydrogen-bond acceptors (Lipinski definition) is 0. The number of pyridine rings is 2. The Kier molecular flexibility index (Phi) is 4.72. The van der Waals surface area contributed by atoms with E-state index in [4.69, 9.17) is 0 Å². The third-order valence-electron chi connectivity index (χ3n) is 5.73. The average Bonchev–Trinajstić information content (AvgIpc) is 2.69. The van der Waals surface area contributed by atoms with Crippen LogP contribution in [-0.2, 0) is 14.1 Å². The van der Waals surface area contributed by atoms with Crippen molar-refractivity contribution in [1.82, 2.24) is 0 Å². The van der Waals surface area contributed by atoms with Crippen LogP contribution in [0.2, 0.25) is 0 Å². The van der Waals surface area contributed by atoms with Gasteiger partial charge in [-0.25, -0.2) is 9.13 Å². The lowest BCUT2D eigenvalue weighted by molar-refractivity contribution is -0.660. The second-order valence-electron chi connectivity index (χ2n) is 7.96. The van der Waals surface area contributed by atoms with Gasteiger partial charge in [0.2, 0.25) is 11.4 Å². The first kappa shape index (κ1) is 18.4. The van der Waals surface area contributed by atoms with Crippen molar-refractivity contribution < 1.29 is 9.13 Å². The molecule has 2 heteroatoms. The van der Waals surface area contributed by atoms with Crippen molar-refractivity contribution in [3.05, 3.63) is 84.2 Å². The zero-order valence-electron chi connectivity index (χ0n) is 17.4. The Morgan fingerprint density at radius 1 is 0.750 bits per heavy atom. The van der Waals surface area contributed by atoms with Crippen molar-refractivity contribution >= 4 is 10.8 Å². The summed E-state index contributed by atoms with van der Waals surface area (Å²) in [5.41, 5.74) is 7.82. The summed E-state index contributed by atoms with van der Waals surface area (Å²) in [6.07, 6.45) is 4.29. The smallest absolute Gasteiger partial charge is 0.201 e. The molecule has 0 aliphatic rings. The van der Waals surface area contributed by atoms with Gasteiger partial charge in [-0.05, 0) is 53.6 Å². The lowest BCUT2D eigenvalue weighted by Crippen LogP contribution is -2.31. The van der Waals surface area contributed by atoms with Gasteiger partial charge in [-0.15, -0.1) is 0 Å². The maximum absolute atomic E-state index is 2.38. The molecular formula is C26H28N2+2. The topological polar surface area (TPSA) is 7.76 Å². The molecule has 0 saturated carbocycles. The standard InChI is InChI=1S/C26H28N2/c1-18(2)21-16-23(25-12-8-9-14-27(25)4)19(3)24(17-21)26-22-11-7-6-10-20(22)13-15-28(26)5/h6-18H,1-5H3/q+2. The molecule has 28 heavy (non-hydrogen) atoms. The molecule has 0 saturated heterocycles. The van der Waals surface area contributed by atoms with Gasteiger partial charge in [-0.1, -0.05) is 32.0 Å². The fraction of sp³-hybridized carbons (Fsp3) is 0.231. The minimum atomic E-state index is 0.465. The van der Waals surface area contributed by atoms with Crippen LogP contribution >= 0.6 is 0 Å². The number of fused-ring (bicyclic) bond motifs is 1. The predicted molar refractivity (Wildman–Crippen MR) is 116 cm³/mol. The molecule has 0 amide bonds. The number of aromatic nitrogens is 2. The molecule has 2 aromatic carbocycles. The van der Waals surface area contributed by atoms with Gasteiger partial charge in [0.25, 0.3) is 0 Å². The fourth-order valence-corrected chi connectivity index (χ4v) is 4.03. The van der Waals surface area contributed by atoms with Gasteiger partial charge in [-0.3, -0.25) is 0 Å². The van der Waals surface area contributed by atoms with Crippen LogP contribution in [0.4, 0.5) is 0 Å². The van der Waals surface area contributed by atoms with Gasteiger partial charge in [0.15, 0.2) is 12.4 Å². The summed E-state index contributed by atoms with van der Waals surface area (Å²) in [5, 5.41) is 2.57. The van der Waals surface area contributed by atoms with Crippen molar-refractivity contribution in [2.45, 2.75) is 26.7 Å². The van der Waals surface area contributed by atoms with Crippen LogP contribution in [0.25, 0.3) is 33.3 Å². The van der Waals surface area contributed by atoms with E-state index in [2.05, 4.69) is 117 Å². The van der Waals surface area contributed by atoms with Crippen LogP contribution in [0.5, 0.6) is 0 Å². The lowest BCUT2D eigenvalue weighted by Gasteiger charge is -2.15. The molecule has 2 aromatic heterocycles. The van der Waals surface area contributed by atoms with Crippen LogP contribution in [0.3, 0.4) is 0 Å². The molecule has 0 radical (unpaired) electrons. The van der Waals surface area contributed by atoms with E-state index in [0.29, 0.717) is 5.92 Å². The highest BCUT2D eigenvalue weighted by Gasteiger charge is 2.23. The second kappa shape index (κ2) is 7.20. The Morgan fingerprint density at radius 3 is 2.21 bits per heavy atom. The van der Waals surface area contributed by atoms with E-state index in [1.54, 1.807) is 0 Å². The molecule has 0 atom stereocenters. The van der Waals surface area contributed by atoms with Gasteiger partial charge < -0.3 is 0 Å². The summed E-state index contributed by atoms with van der Waals surface area (Å²) >= 11 is 0. The first-order valence-corrected chi connectivity index (χ1v) is 9.94. The van der Waals surface area contributed by atoms with Crippen molar-refractivity contribution in [2.24, 2.45) is 14.1 Å². The third-order valence-corrected chi connectivity index (χ3v) is 5.73. The fourth-order valence-electron chi connectivity index (χ4n) is 4.03. The Bertz CT molecular complexity index is 1170. The number of nitrogens with zero attached hydrogens (tertiary/aromatic N) is 2. The van der Waals surface area contributed by atoms with Gasteiger partial charge in [0, 0.05) is 18.2 Å². The minimum absolute atomic E-state index is 0.465. The Labute approximate surface area is 167 Å². The zero-order chi connectivity index (χ0) is 19.8. The van der Waals surface area contributed by atoms with E-state index in [-0.39, 0.29) is 0 Å². The molecule has 4 aromatic rings. The normalized spacial score (nSPS) is 11.4.